The largest absolute Gasteiger partial charge is 0.344 e. The van der Waals surface area contributed by atoms with Crippen molar-refractivity contribution in [3.8, 4) is 0 Å². The van der Waals surface area contributed by atoms with Gasteiger partial charge in [0.25, 0.3) is 0 Å². The van der Waals surface area contributed by atoms with Crippen molar-refractivity contribution in [2.24, 2.45) is 0 Å². The van der Waals surface area contributed by atoms with E-state index in [-0.39, 0.29) is 6.03 Å². The molecule has 2 aromatic heterocycles. The number of pyridine rings is 1. The van der Waals surface area contributed by atoms with Crippen molar-refractivity contribution in [1.29, 1.82) is 0 Å². The number of benzene rings is 1. The topological polar surface area (TPSA) is 61.0 Å². The number of rotatable bonds is 5. The minimum Gasteiger partial charge on any atom is -0.344 e. The van der Waals surface area contributed by atoms with Crippen LogP contribution in [0.4, 0.5) is 20.6 Å². The van der Waals surface area contributed by atoms with Crippen LogP contribution in [0.5, 0.6) is 0 Å². The smallest absolute Gasteiger partial charge is 0.326 e. The van der Waals surface area contributed by atoms with Crippen LogP contribution >= 0.6 is 0 Å². The molecule has 0 aliphatic heterocycles. The molecule has 0 fully saturated rings. The number of aromatic nitrogens is 2. The summed E-state index contributed by atoms with van der Waals surface area (Å²) in [6.07, 6.45) is 6.10. The Labute approximate surface area is 145 Å². The molecule has 0 saturated carbocycles. The number of aromatic amines is 1. The predicted molar refractivity (Wildman–Crippen MR) is 98.5 cm³/mol. The van der Waals surface area contributed by atoms with Crippen LogP contribution in [0.25, 0.3) is 11.0 Å². The Morgan fingerprint density at radius 2 is 2.08 bits per heavy atom. The number of amides is 2. The molecule has 0 spiro atoms. The van der Waals surface area contributed by atoms with Gasteiger partial charge in [0.1, 0.15) is 11.5 Å². The molecule has 0 atom stereocenters. The monoisotopic (exact) mass is 340 g/mol. The molecule has 130 valence electrons. The number of aryl methyl sites for hydroxylation is 1. The molecule has 0 saturated heterocycles. The Bertz CT molecular complexity index is 873. The molecule has 0 aliphatic rings. The number of urea groups is 1. The number of halogens is 1. The molecular weight excluding hydrogens is 319 g/mol. The summed E-state index contributed by atoms with van der Waals surface area (Å²) < 4.78 is 13.4. The van der Waals surface area contributed by atoms with Crippen LogP contribution in [0.1, 0.15) is 25.3 Å². The van der Waals surface area contributed by atoms with Crippen molar-refractivity contribution in [2.45, 2.75) is 26.2 Å². The summed E-state index contributed by atoms with van der Waals surface area (Å²) in [7, 11) is 1.70. The molecule has 0 radical (unpaired) electrons. The summed E-state index contributed by atoms with van der Waals surface area (Å²) in [6.45, 7) is 2.17. The Morgan fingerprint density at radius 1 is 1.32 bits per heavy atom. The molecular formula is C19H21FN4O. The highest BCUT2D eigenvalue weighted by Crippen LogP contribution is 2.23. The first-order valence-electron chi connectivity index (χ1n) is 8.34. The summed E-state index contributed by atoms with van der Waals surface area (Å²) in [5.41, 5.74) is 3.08. The number of nitrogens with zero attached hydrogens (tertiary/aromatic N) is 2. The highest BCUT2D eigenvalue weighted by atomic mass is 19.1. The third-order valence-corrected chi connectivity index (χ3v) is 4.19. The van der Waals surface area contributed by atoms with Crippen molar-refractivity contribution in [3.63, 3.8) is 0 Å². The lowest BCUT2D eigenvalue weighted by molar-refractivity contribution is 0.258. The third kappa shape index (κ3) is 3.79. The van der Waals surface area contributed by atoms with E-state index in [0.717, 1.165) is 31.1 Å². The van der Waals surface area contributed by atoms with E-state index in [2.05, 4.69) is 22.2 Å². The molecule has 0 bridgehead atoms. The van der Waals surface area contributed by atoms with Crippen LogP contribution in [0.2, 0.25) is 0 Å². The zero-order chi connectivity index (χ0) is 17.8. The van der Waals surface area contributed by atoms with Crippen LogP contribution < -0.4 is 10.2 Å². The van der Waals surface area contributed by atoms with E-state index in [1.807, 2.05) is 24.3 Å². The van der Waals surface area contributed by atoms with Crippen LogP contribution in [-0.2, 0) is 6.42 Å². The van der Waals surface area contributed by atoms with Crippen molar-refractivity contribution >= 4 is 28.4 Å². The highest BCUT2D eigenvalue weighted by molar-refractivity contribution is 6.06. The molecule has 25 heavy (non-hydrogen) atoms. The first kappa shape index (κ1) is 17.0. The van der Waals surface area contributed by atoms with Crippen molar-refractivity contribution < 1.29 is 9.18 Å². The minimum atomic E-state index is -0.446. The van der Waals surface area contributed by atoms with E-state index in [4.69, 9.17) is 0 Å². The fourth-order valence-electron chi connectivity index (χ4n) is 2.66. The van der Waals surface area contributed by atoms with Gasteiger partial charge in [0, 0.05) is 24.3 Å². The van der Waals surface area contributed by atoms with Gasteiger partial charge in [0.15, 0.2) is 0 Å². The number of nitrogens with one attached hydrogen (secondary N) is 2. The van der Waals surface area contributed by atoms with Gasteiger partial charge in [-0.25, -0.2) is 14.2 Å². The first-order valence-corrected chi connectivity index (χ1v) is 8.34. The lowest BCUT2D eigenvalue weighted by Crippen LogP contribution is -2.31. The zero-order valence-corrected chi connectivity index (χ0v) is 14.3. The van der Waals surface area contributed by atoms with E-state index in [1.54, 1.807) is 13.2 Å². The number of unbranched alkanes of at least 4 members (excludes halogenated alkanes) is 1. The lowest BCUT2D eigenvalue weighted by atomic mass is 10.1. The Hall–Kier alpha value is -2.89. The summed E-state index contributed by atoms with van der Waals surface area (Å²) in [5.74, 6) is -0.446. The quantitative estimate of drug-likeness (QED) is 0.706. The maximum Gasteiger partial charge on any atom is 0.326 e. The van der Waals surface area contributed by atoms with Gasteiger partial charge in [-0.2, -0.15) is 0 Å². The van der Waals surface area contributed by atoms with E-state index < -0.39 is 5.82 Å². The summed E-state index contributed by atoms with van der Waals surface area (Å²) in [4.78, 5) is 20.9. The van der Waals surface area contributed by atoms with Gasteiger partial charge in [-0.3, -0.25) is 4.90 Å². The number of carbonyl (C=O) groups is 1. The van der Waals surface area contributed by atoms with E-state index in [9.17, 15) is 9.18 Å². The van der Waals surface area contributed by atoms with Gasteiger partial charge in [0.2, 0.25) is 0 Å². The molecule has 1 aromatic carbocycles. The Balaban J connectivity index is 1.72. The van der Waals surface area contributed by atoms with Gasteiger partial charge < -0.3 is 10.3 Å². The molecule has 2 amide bonds. The number of carbonyl (C=O) groups excluding carboxylic acids is 1. The van der Waals surface area contributed by atoms with Crippen LogP contribution in [0.3, 0.4) is 0 Å². The van der Waals surface area contributed by atoms with Crippen molar-refractivity contribution in [2.75, 3.05) is 17.3 Å². The van der Waals surface area contributed by atoms with Gasteiger partial charge in [-0.1, -0.05) is 25.5 Å². The van der Waals surface area contributed by atoms with Crippen molar-refractivity contribution in [1.82, 2.24) is 9.97 Å². The lowest BCUT2D eigenvalue weighted by Gasteiger charge is -2.18. The standard InChI is InChI=1S/C19H21FN4O/c1-3-4-5-13-6-8-15(9-7-13)24(2)19(25)23-17-12-22-18-16(17)10-14(20)11-21-18/h6-12H,3-5H2,1-2H3,(H,21,22)(H,23,25). The molecule has 2 N–H and O–H groups in total. The predicted octanol–water partition coefficient (Wildman–Crippen LogP) is 4.71. The highest BCUT2D eigenvalue weighted by Gasteiger charge is 2.14. The van der Waals surface area contributed by atoms with Crippen LogP contribution in [0, 0.1) is 5.82 Å². The maximum atomic E-state index is 13.4. The Morgan fingerprint density at radius 3 is 2.80 bits per heavy atom. The molecule has 2 heterocycles. The van der Waals surface area contributed by atoms with Crippen LogP contribution in [-0.4, -0.2) is 23.0 Å². The number of H-pyrrole nitrogens is 1. The molecule has 0 aliphatic carbocycles. The normalized spacial score (nSPS) is 10.8. The number of fused-ring (bicyclic) bond motifs is 1. The van der Waals surface area contributed by atoms with E-state index >= 15 is 0 Å². The first-order chi connectivity index (χ1) is 12.1. The fraction of sp³-hybridized carbons (Fsp3) is 0.263. The molecule has 0 unspecified atom stereocenters. The van der Waals surface area contributed by atoms with E-state index in [0.29, 0.717) is 16.7 Å². The number of hydrogen-bond acceptors (Lipinski definition) is 2. The van der Waals surface area contributed by atoms with Crippen LogP contribution in [0.15, 0.2) is 42.7 Å². The average molecular weight is 340 g/mol. The zero-order valence-electron chi connectivity index (χ0n) is 14.3. The summed E-state index contributed by atoms with van der Waals surface area (Å²) in [6, 6.07) is 8.99. The average Bonchev–Trinajstić information content (AvgIpc) is 3.01. The molecule has 6 heteroatoms. The second-order valence-electron chi connectivity index (χ2n) is 6.01. The molecule has 5 nitrogen and oxygen atoms in total. The molecule has 3 aromatic rings. The minimum absolute atomic E-state index is 0.300. The second-order valence-corrected chi connectivity index (χ2v) is 6.01. The van der Waals surface area contributed by atoms with Gasteiger partial charge in [-0.15, -0.1) is 0 Å². The summed E-state index contributed by atoms with van der Waals surface area (Å²) >= 11 is 0. The maximum absolute atomic E-state index is 13.4. The van der Waals surface area contributed by atoms with E-state index in [1.165, 1.54) is 16.5 Å². The Kier molecular flexibility index (Phi) is 4.97. The number of anilines is 2. The third-order valence-electron chi connectivity index (χ3n) is 4.19. The van der Waals surface area contributed by atoms with Gasteiger partial charge in [-0.05, 0) is 36.6 Å². The fourth-order valence-corrected chi connectivity index (χ4v) is 2.66. The molecule has 3 rings (SSSR count). The number of hydrogen-bond donors (Lipinski definition) is 2. The second kappa shape index (κ2) is 7.34. The SMILES string of the molecule is CCCCc1ccc(N(C)C(=O)Nc2c[nH]c3ncc(F)cc23)cc1. The van der Waals surface area contributed by atoms with Crippen molar-refractivity contribution in [3.05, 3.63) is 54.1 Å². The van der Waals surface area contributed by atoms with Gasteiger partial charge in [0.05, 0.1) is 11.9 Å². The summed E-state index contributed by atoms with van der Waals surface area (Å²) in [5, 5.41) is 3.33. The van der Waals surface area contributed by atoms with Gasteiger partial charge >= 0.3 is 6.03 Å².